The molecule has 2 aromatic carbocycles. The van der Waals surface area contributed by atoms with Crippen molar-refractivity contribution in [1.29, 1.82) is 5.26 Å². The molecule has 0 aliphatic heterocycles. The average molecular weight is 403 g/mol. The average Bonchev–Trinajstić information content (AvgIpc) is 3.17. The normalized spacial score (nSPS) is 11.9. The maximum atomic E-state index is 13.8. The van der Waals surface area contributed by atoms with Crippen molar-refractivity contribution >= 4 is 11.9 Å². The van der Waals surface area contributed by atoms with Crippen LogP contribution in [0.4, 0.5) is 22.0 Å². The molecule has 0 unspecified atom stereocenters. The molecule has 0 saturated heterocycles. The number of aromatic nitrogens is 2. The first-order valence-corrected chi connectivity index (χ1v) is 8.04. The molecular formula is C20H10F5N3O. The topological polar surface area (TPSA) is 58.7 Å². The molecule has 0 saturated carbocycles. The van der Waals surface area contributed by atoms with Gasteiger partial charge >= 0.3 is 6.18 Å². The van der Waals surface area contributed by atoms with Gasteiger partial charge in [0.05, 0.1) is 11.3 Å². The van der Waals surface area contributed by atoms with Gasteiger partial charge in [0.2, 0.25) is 5.78 Å². The van der Waals surface area contributed by atoms with Crippen LogP contribution in [0.25, 0.3) is 11.8 Å². The van der Waals surface area contributed by atoms with Crippen molar-refractivity contribution in [3.63, 3.8) is 0 Å². The van der Waals surface area contributed by atoms with Crippen molar-refractivity contribution in [3.05, 3.63) is 88.8 Å². The third kappa shape index (κ3) is 4.38. The SMILES string of the molecule is N#C/C(=C\c1ccc(-n2ccc(C(F)(F)F)n2)cc1)C(=O)c1ccc(F)cc1F. The molecule has 0 N–H and O–H groups in total. The molecule has 4 nitrogen and oxygen atoms in total. The number of nitriles is 1. The summed E-state index contributed by atoms with van der Waals surface area (Å²) in [6.07, 6.45) is -2.22. The van der Waals surface area contributed by atoms with E-state index in [1.807, 2.05) is 0 Å². The van der Waals surface area contributed by atoms with Crippen LogP contribution in [0, 0.1) is 23.0 Å². The first-order valence-electron chi connectivity index (χ1n) is 8.04. The smallest absolute Gasteiger partial charge is 0.288 e. The Bertz CT molecular complexity index is 1140. The number of hydrogen-bond donors (Lipinski definition) is 0. The van der Waals surface area contributed by atoms with E-state index in [-0.39, 0.29) is 5.57 Å². The Morgan fingerprint density at radius 3 is 2.31 bits per heavy atom. The number of Topliss-reactive ketones (excluding diaryl/α,β-unsaturated/α-hetero) is 1. The number of hydrogen-bond acceptors (Lipinski definition) is 3. The molecule has 0 fully saturated rings. The molecule has 0 amide bonds. The van der Waals surface area contributed by atoms with Crippen LogP contribution in [-0.2, 0) is 6.18 Å². The Hall–Kier alpha value is -3.80. The zero-order valence-corrected chi connectivity index (χ0v) is 14.4. The summed E-state index contributed by atoms with van der Waals surface area (Å²) >= 11 is 0. The lowest BCUT2D eigenvalue weighted by atomic mass is 10.0. The van der Waals surface area contributed by atoms with Gasteiger partial charge in [-0.3, -0.25) is 4.79 Å². The van der Waals surface area contributed by atoms with E-state index in [0.717, 1.165) is 29.1 Å². The van der Waals surface area contributed by atoms with Gasteiger partial charge in [-0.1, -0.05) is 12.1 Å². The van der Waals surface area contributed by atoms with Crippen molar-refractivity contribution in [2.24, 2.45) is 0 Å². The van der Waals surface area contributed by atoms with Crippen LogP contribution in [-0.4, -0.2) is 15.6 Å². The molecule has 0 atom stereocenters. The molecule has 0 bridgehead atoms. The number of allylic oxidation sites excluding steroid dienone is 1. The van der Waals surface area contributed by atoms with Gasteiger partial charge in [-0.15, -0.1) is 0 Å². The number of rotatable bonds is 4. The third-order valence-corrected chi connectivity index (χ3v) is 3.89. The molecule has 3 rings (SSSR count). The van der Waals surface area contributed by atoms with Gasteiger partial charge in [-0.25, -0.2) is 13.5 Å². The molecular weight excluding hydrogens is 393 g/mol. The number of benzene rings is 2. The van der Waals surface area contributed by atoms with Crippen molar-refractivity contribution < 1.29 is 26.7 Å². The van der Waals surface area contributed by atoms with Crippen LogP contribution in [0.3, 0.4) is 0 Å². The van der Waals surface area contributed by atoms with E-state index < -0.39 is 34.9 Å². The van der Waals surface area contributed by atoms with E-state index in [0.29, 0.717) is 17.3 Å². The highest BCUT2D eigenvalue weighted by Crippen LogP contribution is 2.28. The summed E-state index contributed by atoms with van der Waals surface area (Å²) in [5.74, 6) is -2.87. The van der Waals surface area contributed by atoms with Crippen LogP contribution in [0.2, 0.25) is 0 Å². The van der Waals surface area contributed by atoms with Gasteiger partial charge in [0, 0.05) is 12.3 Å². The number of alkyl halides is 3. The number of carbonyl (C=O) groups excluding carboxylic acids is 1. The second kappa shape index (κ2) is 7.67. The molecule has 29 heavy (non-hydrogen) atoms. The quantitative estimate of drug-likeness (QED) is 0.268. The molecule has 0 spiro atoms. The van der Waals surface area contributed by atoms with E-state index in [1.165, 1.54) is 30.3 Å². The van der Waals surface area contributed by atoms with Crippen molar-refractivity contribution in [2.45, 2.75) is 6.18 Å². The Morgan fingerprint density at radius 1 is 1.07 bits per heavy atom. The lowest BCUT2D eigenvalue weighted by molar-refractivity contribution is -0.141. The fraction of sp³-hybridized carbons (Fsp3) is 0.0500. The lowest BCUT2D eigenvalue weighted by Crippen LogP contribution is -2.07. The standard InChI is InChI=1S/C20H10F5N3O/c21-14-3-6-16(17(22)10-14)19(29)13(11-26)9-12-1-4-15(5-2-12)28-8-7-18(27-28)20(23,24)25/h1-10H/b13-9+. The minimum atomic E-state index is -4.56. The van der Waals surface area contributed by atoms with Crippen LogP contribution in [0.1, 0.15) is 21.6 Å². The van der Waals surface area contributed by atoms with Crippen LogP contribution >= 0.6 is 0 Å². The molecule has 0 aliphatic carbocycles. The second-order valence-corrected chi connectivity index (χ2v) is 5.86. The highest BCUT2D eigenvalue weighted by Gasteiger charge is 2.33. The summed E-state index contributed by atoms with van der Waals surface area (Å²) in [7, 11) is 0. The zero-order chi connectivity index (χ0) is 21.2. The van der Waals surface area contributed by atoms with Gasteiger partial charge in [-0.05, 0) is 42.0 Å². The Morgan fingerprint density at radius 2 is 1.76 bits per heavy atom. The monoisotopic (exact) mass is 403 g/mol. The maximum absolute atomic E-state index is 13.8. The van der Waals surface area contributed by atoms with Gasteiger partial charge < -0.3 is 0 Å². The van der Waals surface area contributed by atoms with E-state index >= 15 is 0 Å². The van der Waals surface area contributed by atoms with Crippen molar-refractivity contribution in [3.8, 4) is 11.8 Å². The Labute approximate surface area is 161 Å². The van der Waals surface area contributed by atoms with Gasteiger partial charge in [0.15, 0.2) is 5.69 Å². The fourth-order valence-corrected chi connectivity index (χ4v) is 2.48. The minimum absolute atomic E-state index is 0.326. The predicted octanol–water partition coefficient (Wildman–Crippen LogP) is 4.96. The van der Waals surface area contributed by atoms with E-state index in [2.05, 4.69) is 5.10 Å². The Balaban J connectivity index is 1.86. The minimum Gasteiger partial charge on any atom is -0.288 e. The summed E-state index contributed by atoms with van der Waals surface area (Å²) in [5.41, 5.74) is -1.18. The van der Waals surface area contributed by atoms with Gasteiger partial charge in [0.25, 0.3) is 0 Å². The second-order valence-electron chi connectivity index (χ2n) is 5.86. The highest BCUT2D eigenvalue weighted by molar-refractivity contribution is 6.14. The molecule has 1 heterocycles. The van der Waals surface area contributed by atoms with Crippen molar-refractivity contribution in [1.82, 2.24) is 9.78 Å². The number of halogens is 5. The largest absolute Gasteiger partial charge is 0.435 e. The molecule has 3 aromatic rings. The predicted molar refractivity (Wildman–Crippen MR) is 92.8 cm³/mol. The molecule has 1 aromatic heterocycles. The van der Waals surface area contributed by atoms with Crippen LogP contribution in [0.15, 0.2) is 60.3 Å². The summed E-state index contributed by atoms with van der Waals surface area (Å²) in [6, 6.07) is 10.7. The lowest BCUT2D eigenvalue weighted by Gasteiger charge is -2.04. The van der Waals surface area contributed by atoms with Gasteiger partial charge in [-0.2, -0.15) is 23.5 Å². The first-order chi connectivity index (χ1) is 13.7. The highest BCUT2D eigenvalue weighted by atomic mass is 19.4. The van der Waals surface area contributed by atoms with E-state index in [9.17, 15) is 32.0 Å². The zero-order valence-electron chi connectivity index (χ0n) is 14.4. The molecule has 0 radical (unpaired) electrons. The summed E-state index contributed by atoms with van der Waals surface area (Å²) in [4.78, 5) is 12.3. The summed E-state index contributed by atoms with van der Waals surface area (Å²) < 4.78 is 65.7. The molecule has 0 aliphatic rings. The summed E-state index contributed by atoms with van der Waals surface area (Å²) in [5, 5.41) is 12.7. The number of ketones is 1. The van der Waals surface area contributed by atoms with Crippen LogP contribution in [0.5, 0.6) is 0 Å². The van der Waals surface area contributed by atoms with Gasteiger partial charge in [0.1, 0.15) is 23.3 Å². The first kappa shape index (κ1) is 19.9. The maximum Gasteiger partial charge on any atom is 0.435 e. The molecule has 146 valence electrons. The molecule has 9 heteroatoms. The van der Waals surface area contributed by atoms with Crippen molar-refractivity contribution in [2.75, 3.05) is 0 Å². The Kier molecular flexibility index (Phi) is 5.28. The number of carbonyl (C=O) groups is 1. The third-order valence-electron chi connectivity index (χ3n) is 3.89. The van der Waals surface area contributed by atoms with Crippen LogP contribution < -0.4 is 0 Å². The van der Waals surface area contributed by atoms with E-state index in [1.54, 1.807) is 6.07 Å². The number of nitrogens with zero attached hydrogens (tertiary/aromatic N) is 3. The fourth-order valence-electron chi connectivity index (χ4n) is 2.48. The summed E-state index contributed by atoms with van der Waals surface area (Å²) in [6.45, 7) is 0. The van der Waals surface area contributed by atoms with E-state index in [4.69, 9.17) is 0 Å².